The number of nitrogens with zero attached hydrogens (tertiary/aromatic N) is 1. The summed E-state index contributed by atoms with van der Waals surface area (Å²) >= 11 is 0. The first-order valence-electron chi connectivity index (χ1n) is 6.06. The second-order valence-electron chi connectivity index (χ2n) is 4.56. The van der Waals surface area contributed by atoms with Gasteiger partial charge >= 0.3 is 6.18 Å². The van der Waals surface area contributed by atoms with Gasteiger partial charge in [0.15, 0.2) is 0 Å². The molecule has 0 unspecified atom stereocenters. The molecule has 0 atom stereocenters. The number of pyridine rings is 1. The lowest BCUT2D eigenvalue weighted by Crippen LogP contribution is -2.31. The highest BCUT2D eigenvalue weighted by Crippen LogP contribution is 2.31. The third-order valence-electron chi connectivity index (χ3n) is 2.28. The van der Waals surface area contributed by atoms with Gasteiger partial charge < -0.3 is 16.4 Å². The van der Waals surface area contributed by atoms with Crippen LogP contribution in [-0.4, -0.2) is 23.5 Å². The number of nitrogen functional groups attached to an aromatic ring is 1. The van der Waals surface area contributed by atoms with Crippen molar-refractivity contribution in [3.05, 3.63) is 17.7 Å². The monoisotopic (exact) mass is 290 g/mol. The molecule has 0 aliphatic heterocycles. The third kappa shape index (κ3) is 5.33. The van der Waals surface area contributed by atoms with Gasteiger partial charge in [-0.1, -0.05) is 0 Å². The molecule has 0 aliphatic carbocycles. The Hall–Kier alpha value is -1.99. The van der Waals surface area contributed by atoms with E-state index in [4.69, 9.17) is 5.73 Å². The van der Waals surface area contributed by atoms with Gasteiger partial charge in [-0.2, -0.15) is 13.2 Å². The number of nitrogens with two attached hydrogens (primary N) is 1. The zero-order valence-electron chi connectivity index (χ0n) is 11.2. The predicted octanol–water partition coefficient (Wildman–Crippen LogP) is 2.01. The molecule has 0 saturated heterocycles. The fourth-order valence-electron chi connectivity index (χ4n) is 1.50. The maximum atomic E-state index is 12.6. The molecule has 4 N–H and O–H groups in total. The normalized spacial score (nSPS) is 11.5. The summed E-state index contributed by atoms with van der Waals surface area (Å²) in [5.74, 6) is -0.420. The van der Waals surface area contributed by atoms with E-state index in [2.05, 4.69) is 15.6 Å². The Kier molecular flexibility index (Phi) is 5.18. The van der Waals surface area contributed by atoms with E-state index in [0.717, 1.165) is 12.1 Å². The molecular formula is C12H17F3N4O. The number of amides is 1. The molecule has 1 aromatic heterocycles. The van der Waals surface area contributed by atoms with Crippen molar-refractivity contribution >= 4 is 17.5 Å². The van der Waals surface area contributed by atoms with E-state index in [1.807, 2.05) is 13.8 Å². The molecule has 20 heavy (non-hydrogen) atoms. The standard InChI is InChI=1S/C12H17F3N4O/c1-7(2)18-11(20)3-4-17-10-6-8(12(13,14)15)5-9(16)19-10/h5-7H,3-4H2,1-2H3,(H,18,20)(H3,16,17,19). The summed E-state index contributed by atoms with van der Waals surface area (Å²) in [4.78, 5) is 15.1. The van der Waals surface area contributed by atoms with Gasteiger partial charge in [0, 0.05) is 19.0 Å². The number of rotatable bonds is 5. The highest BCUT2D eigenvalue weighted by Gasteiger charge is 2.31. The topological polar surface area (TPSA) is 80.0 Å². The van der Waals surface area contributed by atoms with Crippen LogP contribution in [0.1, 0.15) is 25.8 Å². The molecule has 5 nitrogen and oxygen atoms in total. The van der Waals surface area contributed by atoms with Crippen LogP contribution in [0.4, 0.5) is 24.8 Å². The van der Waals surface area contributed by atoms with Gasteiger partial charge in [-0.05, 0) is 26.0 Å². The molecule has 0 spiro atoms. The lowest BCUT2D eigenvalue weighted by molar-refractivity contribution is -0.137. The third-order valence-corrected chi connectivity index (χ3v) is 2.28. The summed E-state index contributed by atoms with van der Waals surface area (Å²) in [5, 5.41) is 5.32. The van der Waals surface area contributed by atoms with Crippen molar-refractivity contribution < 1.29 is 18.0 Å². The molecule has 112 valence electrons. The fourth-order valence-corrected chi connectivity index (χ4v) is 1.50. The molecule has 0 fully saturated rings. The minimum Gasteiger partial charge on any atom is -0.384 e. The number of alkyl halides is 3. The number of aromatic nitrogens is 1. The molecule has 0 aromatic carbocycles. The lowest BCUT2D eigenvalue weighted by atomic mass is 10.2. The summed E-state index contributed by atoms with van der Waals surface area (Å²) in [7, 11) is 0. The first kappa shape index (κ1) is 16.1. The van der Waals surface area contributed by atoms with E-state index < -0.39 is 11.7 Å². The van der Waals surface area contributed by atoms with Gasteiger partial charge in [0.05, 0.1) is 5.56 Å². The summed E-state index contributed by atoms with van der Waals surface area (Å²) in [6.07, 6.45) is -4.35. The number of hydrogen-bond donors (Lipinski definition) is 3. The number of carbonyl (C=O) groups is 1. The Morgan fingerprint density at radius 1 is 1.40 bits per heavy atom. The molecule has 1 amide bonds. The number of carbonyl (C=O) groups excluding carboxylic acids is 1. The summed E-state index contributed by atoms with van der Waals surface area (Å²) < 4.78 is 37.7. The van der Waals surface area contributed by atoms with E-state index in [1.165, 1.54) is 0 Å². The van der Waals surface area contributed by atoms with Gasteiger partial charge in [-0.15, -0.1) is 0 Å². The first-order valence-corrected chi connectivity index (χ1v) is 6.06. The fraction of sp³-hybridized carbons (Fsp3) is 0.500. The molecule has 1 aromatic rings. The number of hydrogen-bond acceptors (Lipinski definition) is 4. The van der Waals surface area contributed by atoms with Crippen molar-refractivity contribution in [2.45, 2.75) is 32.5 Å². The van der Waals surface area contributed by atoms with Crippen LogP contribution in [0.3, 0.4) is 0 Å². The van der Waals surface area contributed by atoms with Crippen molar-refractivity contribution in [3.63, 3.8) is 0 Å². The van der Waals surface area contributed by atoms with Crippen LogP contribution in [0.5, 0.6) is 0 Å². The van der Waals surface area contributed by atoms with Crippen LogP contribution < -0.4 is 16.4 Å². The average molecular weight is 290 g/mol. The van der Waals surface area contributed by atoms with Crippen LogP contribution in [-0.2, 0) is 11.0 Å². The maximum Gasteiger partial charge on any atom is 0.416 e. The second kappa shape index (κ2) is 6.44. The van der Waals surface area contributed by atoms with E-state index in [-0.39, 0.29) is 36.6 Å². The van der Waals surface area contributed by atoms with Gasteiger partial charge in [0.1, 0.15) is 11.6 Å². The van der Waals surface area contributed by atoms with E-state index in [1.54, 1.807) is 0 Å². The SMILES string of the molecule is CC(C)NC(=O)CCNc1cc(C(F)(F)F)cc(N)n1. The van der Waals surface area contributed by atoms with Gasteiger partial charge in [-0.3, -0.25) is 4.79 Å². The Morgan fingerprint density at radius 3 is 2.60 bits per heavy atom. The largest absolute Gasteiger partial charge is 0.416 e. The predicted molar refractivity (Wildman–Crippen MR) is 70.0 cm³/mol. The summed E-state index contributed by atoms with van der Waals surface area (Å²) in [6, 6.07) is 1.64. The highest BCUT2D eigenvalue weighted by atomic mass is 19.4. The van der Waals surface area contributed by atoms with Crippen LogP contribution in [0.15, 0.2) is 12.1 Å². The molecule has 0 aliphatic rings. The Morgan fingerprint density at radius 2 is 2.05 bits per heavy atom. The highest BCUT2D eigenvalue weighted by molar-refractivity contribution is 5.76. The van der Waals surface area contributed by atoms with Crippen LogP contribution in [0.25, 0.3) is 0 Å². The van der Waals surface area contributed by atoms with Gasteiger partial charge in [-0.25, -0.2) is 4.98 Å². The molecule has 0 bridgehead atoms. The van der Waals surface area contributed by atoms with Crippen molar-refractivity contribution in [2.75, 3.05) is 17.6 Å². The minimum atomic E-state index is -4.48. The van der Waals surface area contributed by atoms with Crippen LogP contribution in [0.2, 0.25) is 0 Å². The van der Waals surface area contributed by atoms with Crippen molar-refractivity contribution in [1.29, 1.82) is 0 Å². The first-order chi connectivity index (χ1) is 9.18. The smallest absolute Gasteiger partial charge is 0.384 e. The van der Waals surface area contributed by atoms with Crippen molar-refractivity contribution in [3.8, 4) is 0 Å². The number of anilines is 2. The summed E-state index contributed by atoms with van der Waals surface area (Å²) in [6.45, 7) is 3.81. The average Bonchev–Trinajstić information content (AvgIpc) is 2.25. The quantitative estimate of drug-likeness (QED) is 0.775. The van der Waals surface area contributed by atoms with Crippen molar-refractivity contribution in [2.24, 2.45) is 0 Å². The lowest BCUT2D eigenvalue weighted by Gasteiger charge is -2.12. The molecule has 1 rings (SSSR count). The summed E-state index contributed by atoms with van der Waals surface area (Å²) in [5.41, 5.74) is 4.45. The van der Waals surface area contributed by atoms with E-state index in [9.17, 15) is 18.0 Å². The maximum absolute atomic E-state index is 12.6. The minimum absolute atomic E-state index is 0.00493. The zero-order valence-corrected chi connectivity index (χ0v) is 11.2. The van der Waals surface area contributed by atoms with E-state index in [0.29, 0.717) is 0 Å². The zero-order chi connectivity index (χ0) is 15.3. The molecular weight excluding hydrogens is 273 g/mol. The molecule has 0 radical (unpaired) electrons. The number of halogens is 3. The molecule has 0 saturated carbocycles. The van der Waals surface area contributed by atoms with Gasteiger partial charge in [0.25, 0.3) is 0 Å². The Bertz CT molecular complexity index is 474. The Labute approximate surface area is 114 Å². The number of nitrogens with one attached hydrogen (secondary N) is 2. The Balaban J connectivity index is 2.61. The van der Waals surface area contributed by atoms with E-state index >= 15 is 0 Å². The molecule has 8 heteroatoms. The van der Waals surface area contributed by atoms with Gasteiger partial charge in [0.2, 0.25) is 5.91 Å². The second-order valence-corrected chi connectivity index (χ2v) is 4.56. The van der Waals surface area contributed by atoms with Crippen LogP contribution in [0, 0.1) is 0 Å². The van der Waals surface area contributed by atoms with Crippen LogP contribution >= 0.6 is 0 Å². The molecule has 1 heterocycles. The van der Waals surface area contributed by atoms with Crippen molar-refractivity contribution in [1.82, 2.24) is 10.3 Å².